The highest BCUT2D eigenvalue weighted by molar-refractivity contribution is 5.74. The summed E-state index contributed by atoms with van der Waals surface area (Å²) in [5, 5.41) is 0. The van der Waals surface area contributed by atoms with Crippen molar-refractivity contribution in [3.05, 3.63) is 34.6 Å². The number of imidazole rings is 1. The maximum Gasteiger partial charge on any atom is 0.150 e. The number of benzene rings is 1. The third kappa shape index (κ3) is 2.28. The fourth-order valence-corrected chi connectivity index (χ4v) is 3.35. The van der Waals surface area contributed by atoms with Gasteiger partial charge in [0.2, 0.25) is 0 Å². The lowest BCUT2D eigenvalue weighted by atomic mass is 9.99. The number of aryl methyl sites for hydroxylation is 3. The molecule has 1 heterocycles. The summed E-state index contributed by atoms with van der Waals surface area (Å²) in [5.41, 5.74) is 11.9. The van der Waals surface area contributed by atoms with E-state index >= 15 is 0 Å². The number of hydrogen-bond acceptors (Lipinski definition) is 3. The summed E-state index contributed by atoms with van der Waals surface area (Å²) in [6.07, 6.45) is 4.85. The van der Waals surface area contributed by atoms with Gasteiger partial charge in [-0.1, -0.05) is 18.9 Å². The van der Waals surface area contributed by atoms with Crippen molar-refractivity contribution in [2.45, 2.75) is 52.4 Å². The van der Waals surface area contributed by atoms with Gasteiger partial charge < -0.3 is 11.6 Å². The molecular formula is C17H24N4. The molecular weight excluding hydrogens is 260 g/mol. The van der Waals surface area contributed by atoms with Gasteiger partial charge in [-0.15, -0.1) is 0 Å². The minimum absolute atomic E-state index is 0.456. The highest BCUT2D eigenvalue weighted by Crippen LogP contribution is 2.37. The number of aromatic nitrogens is 2. The molecule has 2 aromatic rings. The maximum absolute atomic E-state index is 6.24. The van der Waals surface area contributed by atoms with E-state index in [4.69, 9.17) is 16.6 Å². The van der Waals surface area contributed by atoms with Crippen LogP contribution in [0.1, 0.15) is 54.1 Å². The standard InChI is InChI=1S/C17H24N4/c1-10-8-12(3)14(9-11(10)2)15-16(18)21(19)17(20-15)13-6-4-5-7-13/h8-9,13H,4-7,18-19H2,1-3H3. The second-order valence-electron chi connectivity index (χ2n) is 6.31. The SMILES string of the molecule is Cc1cc(C)c(-c2nc(C3CCCC3)n(N)c2N)cc1C. The molecule has 0 radical (unpaired) electrons. The van der Waals surface area contributed by atoms with E-state index in [0.29, 0.717) is 11.7 Å². The molecule has 0 unspecified atom stereocenters. The van der Waals surface area contributed by atoms with Crippen molar-refractivity contribution in [1.29, 1.82) is 0 Å². The fraction of sp³-hybridized carbons (Fsp3) is 0.471. The summed E-state index contributed by atoms with van der Waals surface area (Å²) in [6, 6.07) is 4.36. The minimum Gasteiger partial charge on any atom is -0.382 e. The Hall–Kier alpha value is -1.97. The van der Waals surface area contributed by atoms with Crippen molar-refractivity contribution in [3.63, 3.8) is 0 Å². The number of rotatable bonds is 2. The number of nitrogens with zero attached hydrogens (tertiary/aromatic N) is 2. The maximum atomic E-state index is 6.24. The molecule has 0 saturated heterocycles. The first kappa shape index (κ1) is 14.0. The molecule has 0 spiro atoms. The molecule has 1 aliphatic carbocycles. The number of nitrogens with two attached hydrogens (primary N) is 2. The van der Waals surface area contributed by atoms with Crippen LogP contribution in [0.4, 0.5) is 5.82 Å². The van der Waals surface area contributed by atoms with Crippen molar-refractivity contribution in [2.75, 3.05) is 11.6 Å². The number of hydrogen-bond donors (Lipinski definition) is 2. The zero-order valence-electron chi connectivity index (χ0n) is 13.1. The Morgan fingerprint density at radius 3 is 2.33 bits per heavy atom. The van der Waals surface area contributed by atoms with Gasteiger partial charge in [0, 0.05) is 11.5 Å². The highest BCUT2D eigenvalue weighted by atomic mass is 15.4. The molecule has 1 fully saturated rings. The first-order valence-corrected chi connectivity index (χ1v) is 7.70. The van der Waals surface area contributed by atoms with E-state index in [1.165, 1.54) is 42.4 Å². The van der Waals surface area contributed by atoms with Crippen molar-refractivity contribution in [3.8, 4) is 11.3 Å². The fourth-order valence-electron chi connectivity index (χ4n) is 3.35. The molecule has 1 aliphatic rings. The van der Waals surface area contributed by atoms with E-state index in [1.807, 2.05) is 0 Å². The monoisotopic (exact) mass is 284 g/mol. The first-order valence-electron chi connectivity index (χ1n) is 7.70. The van der Waals surface area contributed by atoms with Crippen molar-refractivity contribution in [1.82, 2.24) is 9.66 Å². The van der Waals surface area contributed by atoms with Crippen LogP contribution >= 0.6 is 0 Å². The predicted octanol–water partition coefficient (Wildman–Crippen LogP) is 3.43. The predicted molar refractivity (Wildman–Crippen MR) is 87.6 cm³/mol. The molecule has 0 atom stereocenters. The van der Waals surface area contributed by atoms with Crippen LogP contribution in [-0.2, 0) is 0 Å². The Balaban J connectivity index is 2.11. The average molecular weight is 284 g/mol. The lowest BCUT2D eigenvalue weighted by Crippen LogP contribution is -2.17. The zero-order valence-corrected chi connectivity index (χ0v) is 13.1. The minimum atomic E-state index is 0.456. The summed E-state index contributed by atoms with van der Waals surface area (Å²) in [4.78, 5) is 4.81. The van der Waals surface area contributed by atoms with Gasteiger partial charge in [-0.05, 0) is 56.4 Å². The molecule has 0 amide bonds. The summed E-state index contributed by atoms with van der Waals surface area (Å²) in [7, 11) is 0. The molecule has 1 aromatic heterocycles. The number of anilines is 1. The Morgan fingerprint density at radius 2 is 1.67 bits per heavy atom. The topological polar surface area (TPSA) is 69.9 Å². The molecule has 4 N–H and O–H groups in total. The third-order valence-electron chi connectivity index (χ3n) is 4.79. The Kier molecular flexibility index (Phi) is 3.40. The highest BCUT2D eigenvalue weighted by Gasteiger charge is 2.25. The molecule has 1 saturated carbocycles. The smallest absolute Gasteiger partial charge is 0.150 e. The van der Waals surface area contributed by atoms with Gasteiger partial charge in [0.05, 0.1) is 0 Å². The van der Waals surface area contributed by atoms with E-state index in [-0.39, 0.29) is 0 Å². The van der Waals surface area contributed by atoms with Crippen LogP contribution < -0.4 is 11.6 Å². The van der Waals surface area contributed by atoms with Crippen LogP contribution in [0.2, 0.25) is 0 Å². The Labute approximate surface area is 126 Å². The first-order chi connectivity index (χ1) is 9.99. The molecule has 21 heavy (non-hydrogen) atoms. The number of nitrogen functional groups attached to an aromatic ring is 2. The zero-order chi connectivity index (χ0) is 15.1. The van der Waals surface area contributed by atoms with Crippen LogP contribution in [0.15, 0.2) is 12.1 Å². The lowest BCUT2D eigenvalue weighted by Gasteiger charge is -2.08. The van der Waals surface area contributed by atoms with Crippen molar-refractivity contribution in [2.24, 2.45) is 0 Å². The summed E-state index contributed by atoms with van der Waals surface area (Å²) in [5.74, 6) is 8.14. The summed E-state index contributed by atoms with van der Waals surface area (Å²) >= 11 is 0. The second kappa shape index (κ2) is 5.10. The molecule has 4 nitrogen and oxygen atoms in total. The van der Waals surface area contributed by atoms with Crippen LogP contribution in [0.3, 0.4) is 0 Å². The lowest BCUT2D eigenvalue weighted by molar-refractivity contribution is 0.648. The molecule has 0 aliphatic heterocycles. The molecule has 4 heteroatoms. The van der Waals surface area contributed by atoms with Gasteiger partial charge in [0.1, 0.15) is 11.5 Å². The van der Waals surface area contributed by atoms with E-state index in [2.05, 4.69) is 32.9 Å². The quantitative estimate of drug-likeness (QED) is 0.830. The summed E-state index contributed by atoms with van der Waals surface area (Å²) < 4.78 is 1.60. The van der Waals surface area contributed by atoms with Gasteiger partial charge in [0.25, 0.3) is 0 Å². The van der Waals surface area contributed by atoms with Gasteiger partial charge in [-0.3, -0.25) is 0 Å². The normalized spacial score (nSPS) is 15.8. The molecule has 3 rings (SSSR count). The Bertz CT molecular complexity index is 679. The van der Waals surface area contributed by atoms with E-state index in [0.717, 1.165) is 17.1 Å². The molecule has 112 valence electrons. The average Bonchev–Trinajstić information content (AvgIpc) is 3.05. The van der Waals surface area contributed by atoms with Crippen LogP contribution in [0.25, 0.3) is 11.3 Å². The molecule has 1 aromatic carbocycles. The van der Waals surface area contributed by atoms with Crippen LogP contribution in [0.5, 0.6) is 0 Å². The second-order valence-corrected chi connectivity index (χ2v) is 6.31. The van der Waals surface area contributed by atoms with Crippen molar-refractivity contribution >= 4 is 5.82 Å². The largest absolute Gasteiger partial charge is 0.382 e. The molecule has 0 bridgehead atoms. The Morgan fingerprint density at radius 1 is 1.05 bits per heavy atom. The van der Waals surface area contributed by atoms with Gasteiger partial charge in [-0.2, -0.15) is 0 Å². The van der Waals surface area contributed by atoms with E-state index in [9.17, 15) is 0 Å². The van der Waals surface area contributed by atoms with Crippen LogP contribution in [0, 0.1) is 20.8 Å². The van der Waals surface area contributed by atoms with Gasteiger partial charge in [0.15, 0.2) is 5.82 Å². The van der Waals surface area contributed by atoms with Crippen molar-refractivity contribution < 1.29 is 0 Å². The van der Waals surface area contributed by atoms with E-state index in [1.54, 1.807) is 4.68 Å². The van der Waals surface area contributed by atoms with Gasteiger partial charge in [-0.25, -0.2) is 9.66 Å². The van der Waals surface area contributed by atoms with Crippen LogP contribution in [-0.4, -0.2) is 9.66 Å². The van der Waals surface area contributed by atoms with E-state index < -0.39 is 0 Å². The van der Waals surface area contributed by atoms with Gasteiger partial charge >= 0.3 is 0 Å². The summed E-state index contributed by atoms with van der Waals surface area (Å²) in [6.45, 7) is 6.35. The third-order valence-corrected chi connectivity index (χ3v) is 4.79.